The predicted molar refractivity (Wildman–Crippen MR) is 82.5 cm³/mol. The Morgan fingerprint density at radius 1 is 1.00 bits per heavy atom. The first-order chi connectivity index (χ1) is 9.47. The molecule has 20 heavy (non-hydrogen) atoms. The highest BCUT2D eigenvalue weighted by molar-refractivity contribution is 5.79. The molecule has 2 aromatic rings. The molecule has 2 rings (SSSR count). The number of rotatable bonds is 4. The van der Waals surface area contributed by atoms with Gasteiger partial charge in [0.2, 0.25) is 5.91 Å². The van der Waals surface area contributed by atoms with Crippen LogP contribution in [0.15, 0.2) is 54.6 Å². The van der Waals surface area contributed by atoms with E-state index in [0.29, 0.717) is 6.42 Å². The number of carbonyl (C=O) groups is 1. The summed E-state index contributed by atoms with van der Waals surface area (Å²) in [5.41, 5.74) is 3.00. The smallest absolute Gasteiger partial charge is 0.225 e. The molecule has 0 saturated heterocycles. The van der Waals surface area contributed by atoms with Crippen LogP contribution in [0.1, 0.15) is 30.5 Å². The molecule has 0 atom stereocenters. The lowest BCUT2D eigenvalue weighted by molar-refractivity contribution is -0.122. The van der Waals surface area contributed by atoms with Crippen LogP contribution in [0.25, 0.3) is 0 Å². The van der Waals surface area contributed by atoms with Crippen LogP contribution < -0.4 is 5.32 Å². The van der Waals surface area contributed by atoms with Crippen LogP contribution >= 0.6 is 0 Å². The standard InChI is InChI=1S/C18H21NO/c1-14-9-11-15(12-10-14)13-17(20)19-18(2,3)16-7-5-4-6-8-16/h4-12H,13H2,1-3H3,(H,19,20). The van der Waals surface area contributed by atoms with Crippen molar-refractivity contribution in [3.05, 3.63) is 71.3 Å². The summed E-state index contributed by atoms with van der Waals surface area (Å²) < 4.78 is 0. The molecule has 2 aromatic carbocycles. The molecule has 2 heteroatoms. The van der Waals surface area contributed by atoms with Gasteiger partial charge in [0.05, 0.1) is 12.0 Å². The predicted octanol–water partition coefficient (Wildman–Crippen LogP) is 3.59. The molecule has 0 aromatic heterocycles. The normalized spacial score (nSPS) is 11.2. The second-order valence-electron chi connectivity index (χ2n) is 5.70. The van der Waals surface area contributed by atoms with Gasteiger partial charge in [0.15, 0.2) is 0 Å². The Bertz CT molecular complexity index is 570. The molecule has 104 valence electrons. The second kappa shape index (κ2) is 5.91. The first-order valence-electron chi connectivity index (χ1n) is 6.89. The monoisotopic (exact) mass is 267 g/mol. The lowest BCUT2D eigenvalue weighted by Crippen LogP contribution is -2.41. The largest absolute Gasteiger partial charge is 0.347 e. The van der Waals surface area contributed by atoms with Crippen LogP contribution in [0.3, 0.4) is 0 Å². The molecule has 0 aliphatic rings. The van der Waals surface area contributed by atoms with Crippen LogP contribution in [-0.4, -0.2) is 5.91 Å². The van der Waals surface area contributed by atoms with E-state index in [9.17, 15) is 4.79 Å². The van der Waals surface area contributed by atoms with Crippen LogP contribution in [0.2, 0.25) is 0 Å². The number of nitrogens with one attached hydrogen (secondary N) is 1. The third-order valence-corrected chi connectivity index (χ3v) is 3.43. The lowest BCUT2D eigenvalue weighted by Gasteiger charge is -2.27. The van der Waals surface area contributed by atoms with Crippen molar-refractivity contribution in [3.63, 3.8) is 0 Å². The van der Waals surface area contributed by atoms with Crippen LogP contribution in [0, 0.1) is 6.92 Å². The maximum absolute atomic E-state index is 12.2. The van der Waals surface area contributed by atoms with Gasteiger partial charge in [0.25, 0.3) is 0 Å². The van der Waals surface area contributed by atoms with Gasteiger partial charge in [-0.25, -0.2) is 0 Å². The van der Waals surface area contributed by atoms with E-state index in [1.165, 1.54) is 5.56 Å². The summed E-state index contributed by atoms with van der Waals surface area (Å²) in [6, 6.07) is 18.1. The molecule has 1 N–H and O–H groups in total. The molecule has 0 aliphatic heterocycles. The van der Waals surface area contributed by atoms with E-state index in [1.54, 1.807) is 0 Å². The van der Waals surface area contributed by atoms with Crippen molar-refractivity contribution in [2.45, 2.75) is 32.7 Å². The Morgan fingerprint density at radius 2 is 1.60 bits per heavy atom. The number of amides is 1. The van der Waals surface area contributed by atoms with Crippen molar-refractivity contribution in [2.24, 2.45) is 0 Å². The Balaban J connectivity index is 2.02. The minimum absolute atomic E-state index is 0.0442. The maximum Gasteiger partial charge on any atom is 0.225 e. The van der Waals surface area contributed by atoms with Gasteiger partial charge in [-0.2, -0.15) is 0 Å². The summed E-state index contributed by atoms with van der Waals surface area (Å²) >= 11 is 0. The Kier molecular flexibility index (Phi) is 4.23. The molecular weight excluding hydrogens is 246 g/mol. The van der Waals surface area contributed by atoms with Gasteiger partial charge in [0.1, 0.15) is 0 Å². The van der Waals surface area contributed by atoms with Gasteiger partial charge in [0, 0.05) is 0 Å². The van der Waals surface area contributed by atoms with Gasteiger partial charge in [-0.15, -0.1) is 0 Å². The summed E-state index contributed by atoms with van der Waals surface area (Å²) in [4.78, 5) is 12.2. The van der Waals surface area contributed by atoms with E-state index in [0.717, 1.165) is 11.1 Å². The van der Waals surface area contributed by atoms with E-state index in [4.69, 9.17) is 0 Å². The third-order valence-electron chi connectivity index (χ3n) is 3.43. The molecule has 0 spiro atoms. The number of carbonyl (C=O) groups excluding carboxylic acids is 1. The van der Waals surface area contributed by atoms with Crippen molar-refractivity contribution < 1.29 is 4.79 Å². The first-order valence-corrected chi connectivity index (χ1v) is 6.89. The van der Waals surface area contributed by atoms with Gasteiger partial charge in [-0.3, -0.25) is 4.79 Å². The molecule has 0 heterocycles. The van der Waals surface area contributed by atoms with E-state index < -0.39 is 0 Å². The van der Waals surface area contributed by atoms with Crippen LogP contribution in [-0.2, 0) is 16.8 Å². The topological polar surface area (TPSA) is 29.1 Å². The molecule has 0 bridgehead atoms. The van der Waals surface area contributed by atoms with Crippen molar-refractivity contribution in [3.8, 4) is 0 Å². The van der Waals surface area contributed by atoms with Gasteiger partial charge < -0.3 is 5.32 Å². The maximum atomic E-state index is 12.2. The highest BCUT2D eigenvalue weighted by Crippen LogP contribution is 2.19. The molecule has 2 nitrogen and oxygen atoms in total. The van der Waals surface area contributed by atoms with Crippen molar-refractivity contribution >= 4 is 5.91 Å². The van der Waals surface area contributed by atoms with E-state index >= 15 is 0 Å². The molecule has 0 unspecified atom stereocenters. The first kappa shape index (κ1) is 14.3. The van der Waals surface area contributed by atoms with Crippen LogP contribution in [0.4, 0.5) is 0 Å². The summed E-state index contributed by atoms with van der Waals surface area (Å²) in [6.07, 6.45) is 0.413. The Hall–Kier alpha value is -2.09. The van der Waals surface area contributed by atoms with Gasteiger partial charge >= 0.3 is 0 Å². The molecule has 1 amide bonds. The van der Waals surface area contributed by atoms with E-state index in [1.807, 2.05) is 75.4 Å². The lowest BCUT2D eigenvalue weighted by atomic mass is 9.94. The van der Waals surface area contributed by atoms with Crippen LogP contribution in [0.5, 0.6) is 0 Å². The minimum Gasteiger partial charge on any atom is -0.347 e. The summed E-state index contributed by atoms with van der Waals surface area (Å²) in [5, 5.41) is 3.10. The van der Waals surface area contributed by atoms with Crippen molar-refractivity contribution in [1.82, 2.24) is 5.32 Å². The number of hydrogen-bond donors (Lipinski definition) is 1. The van der Waals surface area contributed by atoms with E-state index in [2.05, 4.69) is 5.32 Å². The summed E-state index contributed by atoms with van der Waals surface area (Å²) in [6.45, 7) is 6.09. The summed E-state index contributed by atoms with van der Waals surface area (Å²) in [7, 11) is 0. The summed E-state index contributed by atoms with van der Waals surface area (Å²) in [5.74, 6) is 0.0442. The average Bonchev–Trinajstić information content (AvgIpc) is 2.42. The third kappa shape index (κ3) is 3.70. The van der Waals surface area contributed by atoms with E-state index in [-0.39, 0.29) is 11.4 Å². The van der Waals surface area contributed by atoms with Gasteiger partial charge in [-0.05, 0) is 31.9 Å². The zero-order valence-corrected chi connectivity index (χ0v) is 12.3. The molecular formula is C18H21NO. The highest BCUT2D eigenvalue weighted by atomic mass is 16.1. The van der Waals surface area contributed by atoms with Crippen molar-refractivity contribution in [1.29, 1.82) is 0 Å². The van der Waals surface area contributed by atoms with Crippen molar-refractivity contribution in [2.75, 3.05) is 0 Å². The zero-order valence-electron chi connectivity index (χ0n) is 12.3. The quantitative estimate of drug-likeness (QED) is 0.901. The highest BCUT2D eigenvalue weighted by Gasteiger charge is 2.22. The average molecular weight is 267 g/mol. The fraction of sp³-hybridized carbons (Fsp3) is 0.278. The SMILES string of the molecule is Cc1ccc(CC(=O)NC(C)(C)c2ccccc2)cc1. The molecule has 0 radical (unpaired) electrons. The fourth-order valence-electron chi connectivity index (χ4n) is 2.21. The number of benzene rings is 2. The minimum atomic E-state index is -0.358. The molecule has 0 fully saturated rings. The number of hydrogen-bond acceptors (Lipinski definition) is 1. The Labute approximate surface area is 120 Å². The second-order valence-corrected chi connectivity index (χ2v) is 5.70. The fourth-order valence-corrected chi connectivity index (χ4v) is 2.21. The molecule has 0 aliphatic carbocycles. The zero-order chi connectivity index (χ0) is 14.6. The molecule has 0 saturated carbocycles. The number of aryl methyl sites for hydroxylation is 1. The Morgan fingerprint density at radius 3 is 2.20 bits per heavy atom. The van der Waals surface area contributed by atoms with Gasteiger partial charge in [-0.1, -0.05) is 60.2 Å².